The van der Waals surface area contributed by atoms with Crippen molar-refractivity contribution in [2.24, 2.45) is 10.9 Å². The maximum absolute atomic E-state index is 12.5. The summed E-state index contributed by atoms with van der Waals surface area (Å²) >= 11 is 0. The van der Waals surface area contributed by atoms with Crippen LogP contribution in [0.3, 0.4) is 0 Å². The average Bonchev–Trinajstić information content (AvgIpc) is 2.90. The number of hydrogen-bond donors (Lipinski definition) is 0. The molecule has 0 amide bonds. The third kappa shape index (κ3) is 6.06. The summed E-state index contributed by atoms with van der Waals surface area (Å²) in [4.78, 5) is 30.2. The standard InChI is InChI=1S/C21H30N2O3/c1-3-22-18(16-24)15-23-13-6-7-17(12-14-23)10-11-20(25)19-8-4-5-9-21(19)26-2/h4-5,8-9,16-17H,3,6-7,10-15H2,1-2H3. The lowest BCUT2D eigenvalue weighted by Gasteiger charge is -2.19. The second-order valence-electron chi connectivity index (χ2n) is 6.82. The third-order valence-corrected chi connectivity index (χ3v) is 5.01. The van der Waals surface area contributed by atoms with E-state index >= 15 is 0 Å². The van der Waals surface area contributed by atoms with Gasteiger partial charge in [-0.1, -0.05) is 12.1 Å². The van der Waals surface area contributed by atoms with Gasteiger partial charge < -0.3 is 4.74 Å². The van der Waals surface area contributed by atoms with Crippen LogP contribution in [0.15, 0.2) is 29.3 Å². The van der Waals surface area contributed by atoms with E-state index in [1.54, 1.807) is 7.11 Å². The number of Topliss-reactive ketones (excluding diaryl/α,β-unsaturated/α-hetero) is 1. The van der Waals surface area contributed by atoms with Crippen molar-refractivity contribution >= 4 is 17.8 Å². The van der Waals surface area contributed by atoms with Gasteiger partial charge in [-0.3, -0.25) is 19.5 Å². The van der Waals surface area contributed by atoms with Crippen LogP contribution in [0.1, 0.15) is 49.4 Å². The Morgan fingerprint density at radius 3 is 2.85 bits per heavy atom. The van der Waals surface area contributed by atoms with E-state index in [9.17, 15) is 9.59 Å². The van der Waals surface area contributed by atoms with Crippen molar-refractivity contribution in [2.45, 2.75) is 39.0 Å². The van der Waals surface area contributed by atoms with Gasteiger partial charge in [0.1, 0.15) is 5.75 Å². The van der Waals surface area contributed by atoms with Gasteiger partial charge in [-0.2, -0.15) is 0 Å². The molecule has 1 aliphatic rings. The molecule has 142 valence electrons. The van der Waals surface area contributed by atoms with Gasteiger partial charge in [0.2, 0.25) is 0 Å². The lowest BCUT2D eigenvalue weighted by Crippen LogP contribution is -2.31. The normalized spacial score (nSPS) is 19.0. The Hall–Kier alpha value is -2.01. The Balaban J connectivity index is 1.83. The number of rotatable bonds is 9. The molecule has 1 aromatic carbocycles. The number of ketones is 1. The second kappa shape index (κ2) is 10.9. The molecule has 0 spiro atoms. The van der Waals surface area contributed by atoms with Crippen LogP contribution in [0, 0.1) is 5.92 Å². The summed E-state index contributed by atoms with van der Waals surface area (Å²) in [5.74, 6) is 1.37. The zero-order chi connectivity index (χ0) is 18.8. The van der Waals surface area contributed by atoms with Crippen LogP contribution in [0.25, 0.3) is 0 Å². The smallest absolute Gasteiger partial charge is 0.166 e. The fraction of sp³-hybridized carbons (Fsp3) is 0.571. The van der Waals surface area contributed by atoms with Crippen molar-refractivity contribution in [3.8, 4) is 5.75 Å². The van der Waals surface area contributed by atoms with E-state index < -0.39 is 0 Å². The first-order valence-electron chi connectivity index (χ1n) is 9.55. The molecule has 0 aliphatic carbocycles. The van der Waals surface area contributed by atoms with Crippen molar-refractivity contribution < 1.29 is 14.3 Å². The van der Waals surface area contributed by atoms with E-state index in [2.05, 4.69) is 9.89 Å². The van der Waals surface area contributed by atoms with Crippen molar-refractivity contribution in [1.29, 1.82) is 0 Å². The highest BCUT2D eigenvalue weighted by atomic mass is 16.5. The first-order valence-corrected chi connectivity index (χ1v) is 9.55. The van der Waals surface area contributed by atoms with Crippen molar-refractivity contribution in [3.63, 3.8) is 0 Å². The molecule has 0 bridgehead atoms. The first kappa shape index (κ1) is 20.3. The Bertz CT molecular complexity index is 627. The highest BCUT2D eigenvalue weighted by Gasteiger charge is 2.20. The maximum Gasteiger partial charge on any atom is 0.166 e. The number of aliphatic imine (C=N–C) groups is 1. The molecule has 1 saturated heterocycles. The van der Waals surface area contributed by atoms with Gasteiger partial charge in [0.15, 0.2) is 12.1 Å². The van der Waals surface area contributed by atoms with Gasteiger partial charge in [0, 0.05) is 19.5 Å². The van der Waals surface area contributed by atoms with Gasteiger partial charge in [0.25, 0.3) is 0 Å². The highest BCUT2D eigenvalue weighted by Crippen LogP contribution is 2.25. The number of methoxy groups -OCH3 is 1. The number of likely N-dealkylation sites (tertiary alicyclic amines) is 1. The summed E-state index contributed by atoms with van der Waals surface area (Å²) in [5.41, 5.74) is 1.31. The van der Waals surface area contributed by atoms with Gasteiger partial charge in [-0.15, -0.1) is 0 Å². The molecular formula is C21H30N2O3. The number of carbonyl (C=O) groups is 2. The van der Waals surface area contributed by atoms with Gasteiger partial charge in [-0.05, 0) is 63.7 Å². The minimum absolute atomic E-state index is 0.155. The van der Waals surface area contributed by atoms with Crippen LogP contribution < -0.4 is 4.74 Å². The van der Waals surface area contributed by atoms with E-state index in [1.807, 2.05) is 31.2 Å². The van der Waals surface area contributed by atoms with Gasteiger partial charge >= 0.3 is 0 Å². The van der Waals surface area contributed by atoms with Crippen LogP contribution in [0.5, 0.6) is 5.75 Å². The Morgan fingerprint density at radius 1 is 1.31 bits per heavy atom. The number of benzene rings is 1. The molecule has 1 atom stereocenters. The molecule has 5 heteroatoms. The summed E-state index contributed by atoms with van der Waals surface area (Å²) in [5, 5.41) is 0. The predicted molar refractivity (Wildman–Crippen MR) is 104 cm³/mol. The predicted octanol–water partition coefficient (Wildman–Crippen LogP) is 3.42. The molecule has 1 fully saturated rings. The molecule has 0 radical (unpaired) electrons. The molecule has 2 rings (SSSR count). The lowest BCUT2D eigenvalue weighted by molar-refractivity contribution is -0.102. The number of para-hydroxylation sites is 1. The zero-order valence-corrected chi connectivity index (χ0v) is 15.9. The molecular weight excluding hydrogens is 328 g/mol. The van der Waals surface area contributed by atoms with E-state index in [-0.39, 0.29) is 5.78 Å². The highest BCUT2D eigenvalue weighted by molar-refractivity contribution is 6.29. The zero-order valence-electron chi connectivity index (χ0n) is 15.9. The summed E-state index contributed by atoms with van der Waals surface area (Å²) < 4.78 is 5.29. The Morgan fingerprint density at radius 2 is 2.12 bits per heavy atom. The molecule has 5 nitrogen and oxygen atoms in total. The largest absolute Gasteiger partial charge is 0.496 e. The summed E-state index contributed by atoms with van der Waals surface area (Å²) in [6.07, 6.45) is 5.65. The molecule has 1 aliphatic heterocycles. The summed E-state index contributed by atoms with van der Waals surface area (Å²) in [7, 11) is 1.60. The number of aldehydes is 1. The Kier molecular flexibility index (Phi) is 8.48. The van der Waals surface area contributed by atoms with Crippen molar-refractivity contribution in [3.05, 3.63) is 29.8 Å². The minimum Gasteiger partial charge on any atom is -0.496 e. The monoisotopic (exact) mass is 358 g/mol. The maximum atomic E-state index is 12.5. The quantitative estimate of drug-likeness (QED) is 0.385. The van der Waals surface area contributed by atoms with Crippen LogP contribution in [0.2, 0.25) is 0 Å². The second-order valence-corrected chi connectivity index (χ2v) is 6.82. The van der Waals surface area contributed by atoms with Gasteiger partial charge in [0.05, 0.1) is 18.4 Å². The van der Waals surface area contributed by atoms with Crippen LogP contribution in [-0.2, 0) is 4.79 Å². The van der Waals surface area contributed by atoms with E-state index in [0.29, 0.717) is 42.5 Å². The summed E-state index contributed by atoms with van der Waals surface area (Å²) in [6, 6.07) is 7.43. The number of nitrogens with zero attached hydrogens (tertiary/aromatic N) is 2. The van der Waals surface area contributed by atoms with Crippen molar-refractivity contribution in [1.82, 2.24) is 4.90 Å². The van der Waals surface area contributed by atoms with Gasteiger partial charge in [-0.25, -0.2) is 0 Å². The van der Waals surface area contributed by atoms with Crippen LogP contribution in [-0.4, -0.2) is 56.0 Å². The van der Waals surface area contributed by atoms with E-state index in [1.165, 1.54) is 0 Å². The molecule has 1 aromatic rings. The number of carbonyl (C=O) groups excluding carboxylic acids is 2. The SMILES string of the molecule is CCN=C(C=O)CN1CCCC(CCC(=O)c2ccccc2OC)CC1. The first-order chi connectivity index (χ1) is 12.7. The minimum atomic E-state index is 0.155. The molecule has 0 N–H and O–H groups in total. The topological polar surface area (TPSA) is 59.0 Å². The Labute approximate surface area is 156 Å². The molecule has 1 heterocycles. The van der Waals surface area contributed by atoms with Crippen molar-refractivity contribution in [2.75, 3.05) is 33.3 Å². The fourth-order valence-electron chi connectivity index (χ4n) is 3.57. The molecule has 0 saturated carbocycles. The number of ether oxygens (including phenoxy) is 1. The summed E-state index contributed by atoms with van der Waals surface area (Å²) in [6.45, 7) is 5.19. The van der Waals surface area contributed by atoms with Crippen LogP contribution in [0.4, 0.5) is 0 Å². The molecule has 26 heavy (non-hydrogen) atoms. The lowest BCUT2D eigenvalue weighted by atomic mass is 9.92. The molecule has 1 unspecified atom stereocenters. The van der Waals surface area contributed by atoms with E-state index in [4.69, 9.17) is 4.74 Å². The third-order valence-electron chi connectivity index (χ3n) is 5.01. The molecule has 0 aromatic heterocycles. The average molecular weight is 358 g/mol. The fourth-order valence-corrected chi connectivity index (χ4v) is 3.57. The van der Waals surface area contributed by atoms with Crippen LogP contribution >= 0.6 is 0 Å². The van der Waals surface area contributed by atoms with E-state index in [0.717, 1.165) is 45.1 Å². The number of hydrogen-bond acceptors (Lipinski definition) is 5.